The van der Waals surface area contributed by atoms with E-state index in [1.165, 1.54) is 43.4 Å². The second kappa shape index (κ2) is 7.06. The molecule has 0 amide bonds. The first-order valence-corrected chi connectivity index (χ1v) is 7.62. The quantitative estimate of drug-likeness (QED) is 0.874. The fourth-order valence-electron chi connectivity index (χ4n) is 2.85. The number of hydrogen-bond acceptors (Lipinski definition) is 2. The summed E-state index contributed by atoms with van der Waals surface area (Å²) in [5, 5.41) is 3.68. The molecule has 0 radical (unpaired) electrons. The highest BCUT2D eigenvalue weighted by molar-refractivity contribution is 5.26. The minimum Gasteiger partial charge on any atom is -0.310 e. The van der Waals surface area contributed by atoms with E-state index in [1.54, 1.807) is 0 Å². The van der Waals surface area contributed by atoms with Crippen LogP contribution in [0, 0.1) is 5.92 Å². The van der Waals surface area contributed by atoms with E-state index >= 15 is 0 Å². The van der Waals surface area contributed by atoms with Gasteiger partial charge < -0.3 is 10.2 Å². The highest BCUT2D eigenvalue weighted by atomic mass is 15.0. The summed E-state index contributed by atoms with van der Waals surface area (Å²) in [5.74, 6) is 0.833. The van der Waals surface area contributed by atoms with Crippen LogP contribution in [-0.4, -0.2) is 32.1 Å². The van der Waals surface area contributed by atoms with Gasteiger partial charge in [-0.05, 0) is 69.9 Å². The third-order valence-electron chi connectivity index (χ3n) is 4.09. The van der Waals surface area contributed by atoms with Gasteiger partial charge in [0.1, 0.15) is 0 Å². The predicted octanol–water partition coefficient (Wildman–Crippen LogP) is 3.24. The van der Waals surface area contributed by atoms with Crippen LogP contribution in [0.3, 0.4) is 0 Å². The van der Waals surface area contributed by atoms with Gasteiger partial charge in [0.05, 0.1) is 0 Å². The summed E-state index contributed by atoms with van der Waals surface area (Å²) in [7, 11) is 4.28. The number of hydrogen-bond donors (Lipinski definition) is 1. The third-order valence-corrected chi connectivity index (χ3v) is 4.09. The van der Waals surface area contributed by atoms with Crippen LogP contribution in [0.25, 0.3) is 0 Å². The van der Waals surface area contributed by atoms with Gasteiger partial charge in [-0.1, -0.05) is 31.2 Å². The first-order valence-electron chi connectivity index (χ1n) is 7.62. The van der Waals surface area contributed by atoms with Crippen LogP contribution < -0.4 is 5.32 Å². The second-order valence-electron chi connectivity index (χ2n) is 6.30. The van der Waals surface area contributed by atoms with Crippen LogP contribution in [0.1, 0.15) is 43.4 Å². The van der Waals surface area contributed by atoms with E-state index in [1.807, 2.05) is 0 Å². The van der Waals surface area contributed by atoms with E-state index in [-0.39, 0.29) is 0 Å². The molecule has 2 nitrogen and oxygen atoms in total. The second-order valence-corrected chi connectivity index (χ2v) is 6.30. The summed E-state index contributed by atoms with van der Waals surface area (Å²) in [6.07, 6.45) is 5.06. The SMILES string of the molecule is C[C@H]1CC[C@H](c2cccc(CCCN(C)C)c2)NC1. The van der Waals surface area contributed by atoms with Crippen molar-refractivity contribution in [1.29, 1.82) is 0 Å². The molecular weight excluding hydrogens is 232 g/mol. The summed E-state index contributed by atoms with van der Waals surface area (Å²) in [6, 6.07) is 9.75. The van der Waals surface area contributed by atoms with Gasteiger partial charge in [0.25, 0.3) is 0 Å². The molecule has 0 saturated carbocycles. The topological polar surface area (TPSA) is 15.3 Å². The average Bonchev–Trinajstić information content (AvgIpc) is 2.39. The van der Waals surface area contributed by atoms with Gasteiger partial charge in [0.2, 0.25) is 0 Å². The first-order chi connectivity index (χ1) is 9.15. The summed E-state index contributed by atoms with van der Waals surface area (Å²) in [4.78, 5) is 2.26. The molecule has 106 valence electrons. The van der Waals surface area contributed by atoms with E-state index in [9.17, 15) is 0 Å². The smallest absolute Gasteiger partial charge is 0.0320 e. The maximum absolute atomic E-state index is 3.68. The van der Waals surface area contributed by atoms with E-state index in [4.69, 9.17) is 0 Å². The molecule has 2 rings (SSSR count). The number of aryl methyl sites for hydroxylation is 1. The average molecular weight is 260 g/mol. The van der Waals surface area contributed by atoms with Gasteiger partial charge in [-0.25, -0.2) is 0 Å². The van der Waals surface area contributed by atoms with Crippen molar-refractivity contribution in [1.82, 2.24) is 10.2 Å². The molecule has 0 spiro atoms. The maximum atomic E-state index is 3.68. The Labute approximate surface area is 118 Å². The van der Waals surface area contributed by atoms with Gasteiger partial charge in [-0.15, -0.1) is 0 Å². The standard InChI is InChI=1S/C17H28N2/c1-14-9-10-17(18-13-14)16-8-4-6-15(12-16)7-5-11-19(2)3/h4,6,8,12,14,17-18H,5,7,9-11,13H2,1-3H3/t14-,17+/m0/s1. The van der Waals surface area contributed by atoms with Gasteiger partial charge in [-0.2, -0.15) is 0 Å². The van der Waals surface area contributed by atoms with Gasteiger partial charge in [0, 0.05) is 6.04 Å². The third kappa shape index (κ3) is 4.63. The molecule has 2 heteroatoms. The lowest BCUT2D eigenvalue weighted by Crippen LogP contribution is -2.31. The molecule has 1 aromatic rings. The van der Waals surface area contributed by atoms with Crippen molar-refractivity contribution in [2.75, 3.05) is 27.2 Å². The molecule has 1 saturated heterocycles. The fourth-order valence-corrected chi connectivity index (χ4v) is 2.85. The molecular formula is C17H28N2. The van der Waals surface area contributed by atoms with Crippen molar-refractivity contribution in [3.05, 3.63) is 35.4 Å². The lowest BCUT2D eigenvalue weighted by Gasteiger charge is -2.28. The summed E-state index contributed by atoms with van der Waals surface area (Å²) in [6.45, 7) is 4.67. The Morgan fingerprint density at radius 2 is 2.11 bits per heavy atom. The van der Waals surface area contributed by atoms with E-state index in [0.717, 1.165) is 12.5 Å². The molecule has 0 aromatic heterocycles. The van der Waals surface area contributed by atoms with Crippen LogP contribution in [-0.2, 0) is 6.42 Å². The van der Waals surface area contributed by atoms with Crippen molar-refractivity contribution in [3.8, 4) is 0 Å². The van der Waals surface area contributed by atoms with Crippen molar-refractivity contribution in [2.45, 2.75) is 38.6 Å². The molecule has 1 fully saturated rings. The minimum atomic E-state index is 0.574. The molecule has 0 bridgehead atoms. The molecule has 0 unspecified atom stereocenters. The van der Waals surface area contributed by atoms with Gasteiger partial charge >= 0.3 is 0 Å². The minimum absolute atomic E-state index is 0.574. The lowest BCUT2D eigenvalue weighted by atomic mass is 9.91. The molecule has 1 heterocycles. The zero-order valence-corrected chi connectivity index (χ0v) is 12.7. The maximum Gasteiger partial charge on any atom is 0.0320 e. The molecule has 2 atom stereocenters. The summed E-state index contributed by atoms with van der Waals surface area (Å²) in [5.41, 5.74) is 2.97. The number of nitrogens with zero attached hydrogens (tertiary/aromatic N) is 1. The van der Waals surface area contributed by atoms with Gasteiger partial charge in [0.15, 0.2) is 0 Å². The lowest BCUT2D eigenvalue weighted by molar-refractivity contribution is 0.333. The number of benzene rings is 1. The van der Waals surface area contributed by atoms with E-state index in [2.05, 4.69) is 55.5 Å². The van der Waals surface area contributed by atoms with Crippen LogP contribution in [0.4, 0.5) is 0 Å². The molecule has 1 aromatic carbocycles. The van der Waals surface area contributed by atoms with Crippen molar-refractivity contribution < 1.29 is 0 Å². The van der Waals surface area contributed by atoms with Crippen LogP contribution >= 0.6 is 0 Å². The predicted molar refractivity (Wildman–Crippen MR) is 82.5 cm³/mol. The highest BCUT2D eigenvalue weighted by Crippen LogP contribution is 2.26. The molecule has 1 aliphatic heterocycles. The van der Waals surface area contributed by atoms with Gasteiger partial charge in [-0.3, -0.25) is 0 Å². The largest absolute Gasteiger partial charge is 0.310 e. The Balaban J connectivity index is 1.91. The number of piperidine rings is 1. The monoisotopic (exact) mass is 260 g/mol. The summed E-state index contributed by atoms with van der Waals surface area (Å²) >= 11 is 0. The Morgan fingerprint density at radius 1 is 1.26 bits per heavy atom. The Kier molecular flexibility index (Phi) is 5.41. The zero-order chi connectivity index (χ0) is 13.7. The normalized spacial score (nSPS) is 23.8. The zero-order valence-electron chi connectivity index (χ0n) is 12.7. The molecule has 1 N–H and O–H groups in total. The number of nitrogens with one attached hydrogen (secondary N) is 1. The van der Waals surface area contributed by atoms with Crippen molar-refractivity contribution >= 4 is 0 Å². The Hall–Kier alpha value is -0.860. The molecule has 19 heavy (non-hydrogen) atoms. The fraction of sp³-hybridized carbons (Fsp3) is 0.647. The van der Waals surface area contributed by atoms with E-state index in [0.29, 0.717) is 6.04 Å². The summed E-state index contributed by atoms with van der Waals surface area (Å²) < 4.78 is 0. The van der Waals surface area contributed by atoms with Crippen molar-refractivity contribution in [2.24, 2.45) is 5.92 Å². The van der Waals surface area contributed by atoms with Crippen LogP contribution in [0.15, 0.2) is 24.3 Å². The van der Waals surface area contributed by atoms with Crippen LogP contribution in [0.2, 0.25) is 0 Å². The molecule has 0 aliphatic carbocycles. The van der Waals surface area contributed by atoms with Crippen LogP contribution in [0.5, 0.6) is 0 Å². The highest BCUT2D eigenvalue weighted by Gasteiger charge is 2.18. The Morgan fingerprint density at radius 3 is 2.79 bits per heavy atom. The number of rotatable bonds is 5. The van der Waals surface area contributed by atoms with Crippen molar-refractivity contribution in [3.63, 3.8) is 0 Å². The molecule has 1 aliphatic rings. The Bertz CT molecular complexity index is 379. The van der Waals surface area contributed by atoms with E-state index < -0.39 is 0 Å². The first kappa shape index (κ1) is 14.5.